The van der Waals surface area contributed by atoms with Crippen LogP contribution in [0.15, 0.2) is 6.07 Å². The number of anilines is 2. The molecule has 0 atom stereocenters. The number of aryl methyl sites for hydroxylation is 1. The Morgan fingerprint density at radius 3 is 2.08 bits per heavy atom. The molecule has 0 aliphatic heterocycles. The largest absolute Gasteiger partial charge is 0.398 e. The molecule has 0 aliphatic carbocycles. The molecule has 0 radical (unpaired) electrons. The average Bonchev–Trinajstić information content (AvgIpc) is 1.99. The zero-order valence-corrected chi connectivity index (χ0v) is 9.10. The van der Waals surface area contributed by atoms with Gasteiger partial charge in [-0.1, -0.05) is 0 Å². The molecule has 2 N–H and O–H groups in total. The van der Waals surface area contributed by atoms with Crippen LogP contribution in [0.4, 0.5) is 11.4 Å². The van der Waals surface area contributed by atoms with Crippen LogP contribution in [0.5, 0.6) is 0 Å². The molecule has 2 nitrogen and oxygen atoms in total. The molecule has 1 rings (SSSR count). The molecule has 2 heteroatoms. The van der Waals surface area contributed by atoms with E-state index in [0.717, 1.165) is 5.69 Å². The van der Waals surface area contributed by atoms with Crippen molar-refractivity contribution in [3.63, 3.8) is 0 Å². The molecule has 0 unspecified atom stereocenters. The van der Waals surface area contributed by atoms with Gasteiger partial charge in [-0.05, 0) is 43.5 Å². The zero-order valence-electron chi connectivity index (χ0n) is 9.10. The lowest BCUT2D eigenvalue weighted by Crippen LogP contribution is -2.13. The predicted molar refractivity (Wildman–Crippen MR) is 59.4 cm³/mol. The highest BCUT2D eigenvalue weighted by atomic mass is 15.1. The summed E-state index contributed by atoms with van der Waals surface area (Å²) in [6, 6.07) is 2.04. The lowest BCUT2D eigenvalue weighted by molar-refractivity contribution is 1.09. The normalized spacial score (nSPS) is 10.2. The fourth-order valence-electron chi connectivity index (χ4n) is 1.79. The topological polar surface area (TPSA) is 29.3 Å². The molecule has 0 amide bonds. The van der Waals surface area contributed by atoms with Crippen molar-refractivity contribution in [1.82, 2.24) is 0 Å². The van der Waals surface area contributed by atoms with Crippen molar-refractivity contribution in [2.24, 2.45) is 0 Å². The smallest absolute Gasteiger partial charge is 0.0424 e. The molecule has 1 aromatic carbocycles. The van der Waals surface area contributed by atoms with E-state index in [-0.39, 0.29) is 0 Å². The van der Waals surface area contributed by atoms with E-state index in [1.807, 2.05) is 6.07 Å². The van der Waals surface area contributed by atoms with Crippen molar-refractivity contribution < 1.29 is 0 Å². The van der Waals surface area contributed by atoms with Gasteiger partial charge < -0.3 is 10.6 Å². The molecule has 0 bridgehead atoms. The van der Waals surface area contributed by atoms with Gasteiger partial charge in [0, 0.05) is 25.5 Å². The first-order valence-corrected chi connectivity index (χ1v) is 4.48. The van der Waals surface area contributed by atoms with Gasteiger partial charge in [0.2, 0.25) is 0 Å². The maximum atomic E-state index is 5.87. The van der Waals surface area contributed by atoms with Gasteiger partial charge in [-0.15, -0.1) is 0 Å². The summed E-state index contributed by atoms with van der Waals surface area (Å²) >= 11 is 0. The number of hydrogen-bond acceptors (Lipinski definition) is 2. The first-order valence-electron chi connectivity index (χ1n) is 4.48. The summed E-state index contributed by atoms with van der Waals surface area (Å²) in [5.41, 5.74) is 11.8. The number of hydrogen-bond donors (Lipinski definition) is 1. The molecule has 0 saturated heterocycles. The van der Waals surface area contributed by atoms with E-state index in [9.17, 15) is 0 Å². The van der Waals surface area contributed by atoms with Crippen LogP contribution in [-0.4, -0.2) is 14.1 Å². The minimum atomic E-state index is 0.889. The molecule has 0 heterocycles. The highest BCUT2D eigenvalue weighted by molar-refractivity contribution is 5.68. The number of rotatable bonds is 1. The van der Waals surface area contributed by atoms with E-state index in [2.05, 4.69) is 39.8 Å². The third-order valence-corrected chi connectivity index (χ3v) is 2.54. The van der Waals surface area contributed by atoms with Crippen molar-refractivity contribution in [2.75, 3.05) is 24.7 Å². The average molecular weight is 178 g/mol. The molecule has 0 aromatic heterocycles. The number of nitrogens with zero attached hydrogens (tertiary/aromatic N) is 1. The van der Waals surface area contributed by atoms with Crippen LogP contribution in [0.25, 0.3) is 0 Å². The van der Waals surface area contributed by atoms with Crippen molar-refractivity contribution >= 4 is 11.4 Å². The van der Waals surface area contributed by atoms with Crippen LogP contribution in [0.1, 0.15) is 16.7 Å². The molecule has 0 aliphatic rings. The fraction of sp³-hybridized carbons (Fsp3) is 0.455. The second-order valence-corrected chi connectivity index (χ2v) is 3.78. The number of nitrogens with two attached hydrogens (primary N) is 1. The summed E-state index contributed by atoms with van der Waals surface area (Å²) in [5.74, 6) is 0. The predicted octanol–water partition coefficient (Wildman–Crippen LogP) is 2.26. The lowest BCUT2D eigenvalue weighted by Gasteiger charge is -2.21. The highest BCUT2D eigenvalue weighted by Gasteiger charge is 2.09. The van der Waals surface area contributed by atoms with Gasteiger partial charge in [0.15, 0.2) is 0 Å². The minimum absolute atomic E-state index is 0.889. The maximum absolute atomic E-state index is 5.87. The van der Waals surface area contributed by atoms with Crippen molar-refractivity contribution in [3.8, 4) is 0 Å². The number of nitrogen functional groups attached to an aromatic ring is 1. The van der Waals surface area contributed by atoms with Crippen LogP contribution in [0.3, 0.4) is 0 Å². The standard InChI is InChI=1S/C11H18N2/c1-7-6-10(12)8(2)9(3)11(7)13(4)5/h6H,12H2,1-5H3. The highest BCUT2D eigenvalue weighted by Crippen LogP contribution is 2.29. The Morgan fingerprint density at radius 2 is 1.62 bits per heavy atom. The Labute approximate surface area is 80.4 Å². The Morgan fingerprint density at radius 1 is 1.08 bits per heavy atom. The molecule has 1 aromatic rings. The van der Waals surface area contributed by atoms with Gasteiger partial charge in [0.25, 0.3) is 0 Å². The third kappa shape index (κ3) is 1.62. The molecule has 0 fully saturated rings. The van der Waals surface area contributed by atoms with Gasteiger partial charge in [-0.3, -0.25) is 0 Å². The van der Waals surface area contributed by atoms with Crippen LogP contribution >= 0.6 is 0 Å². The minimum Gasteiger partial charge on any atom is -0.398 e. The van der Waals surface area contributed by atoms with E-state index >= 15 is 0 Å². The van der Waals surface area contributed by atoms with Crippen molar-refractivity contribution in [1.29, 1.82) is 0 Å². The number of benzene rings is 1. The lowest BCUT2D eigenvalue weighted by atomic mass is 10.0. The van der Waals surface area contributed by atoms with E-state index in [1.54, 1.807) is 0 Å². The third-order valence-electron chi connectivity index (χ3n) is 2.54. The fourth-order valence-corrected chi connectivity index (χ4v) is 1.79. The summed E-state index contributed by atoms with van der Waals surface area (Å²) in [6.07, 6.45) is 0. The van der Waals surface area contributed by atoms with E-state index in [4.69, 9.17) is 5.73 Å². The van der Waals surface area contributed by atoms with Crippen LogP contribution in [0, 0.1) is 20.8 Å². The molecule has 0 spiro atoms. The Balaban J connectivity index is 3.44. The Kier molecular flexibility index (Phi) is 2.50. The van der Waals surface area contributed by atoms with Gasteiger partial charge in [-0.25, -0.2) is 0 Å². The zero-order chi connectivity index (χ0) is 10.2. The maximum Gasteiger partial charge on any atom is 0.0424 e. The van der Waals surface area contributed by atoms with E-state index in [1.165, 1.54) is 22.4 Å². The van der Waals surface area contributed by atoms with Gasteiger partial charge in [0.05, 0.1) is 0 Å². The summed E-state index contributed by atoms with van der Waals surface area (Å²) in [4.78, 5) is 2.14. The SMILES string of the molecule is Cc1cc(N)c(C)c(C)c1N(C)C. The van der Waals surface area contributed by atoms with E-state index in [0.29, 0.717) is 0 Å². The van der Waals surface area contributed by atoms with E-state index < -0.39 is 0 Å². The second-order valence-electron chi connectivity index (χ2n) is 3.78. The van der Waals surface area contributed by atoms with Gasteiger partial charge >= 0.3 is 0 Å². The second kappa shape index (κ2) is 3.29. The first kappa shape index (κ1) is 9.90. The Bertz CT molecular complexity index is 327. The molecule has 72 valence electrons. The van der Waals surface area contributed by atoms with Crippen LogP contribution in [0.2, 0.25) is 0 Å². The van der Waals surface area contributed by atoms with Gasteiger partial charge in [0.1, 0.15) is 0 Å². The molecule has 0 saturated carbocycles. The Hall–Kier alpha value is -1.18. The van der Waals surface area contributed by atoms with Crippen molar-refractivity contribution in [2.45, 2.75) is 20.8 Å². The molecular formula is C11H18N2. The van der Waals surface area contributed by atoms with Crippen molar-refractivity contribution in [3.05, 3.63) is 22.8 Å². The monoisotopic (exact) mass is 178 g/mol. The summed E-state index contributed by atoms with van der Waals surface area (Å²) < 4.78 is 0. The summed E-state index contributed by atoms with van der Waals surface area (Å²) in [6.45, 7) is 6.28. The molecule has 13 heavy (non-hydrogen) atoms. The molecular weight excluding hydrogens is 160 g/mol. The first-order chi connectivity index (χ1) is 5.95. The van der Waals surface area contributed by atoms with Crippen LogP contribution < -0.4 is 10.6 Å². The van der Waals surface area contributed by atoms with Crippen LogP contribution in [-0.2, 0) is 0 Å². The summed E-state index contributed by atoms with van der Waals surface area (Å²) in [7, 11) is 4.12. The van der Waals surface area contributed by atoms with Gasteiger partial charge in [-0.2, -0.15) is 0 Å². The quantitative estimate of drug-likeness (QED) is 0.668. The summed E-state index contributed by atoms with van der Waals surface area (Å²) in [5, 5.41) is 0.